The first-order valence-electron chi connectivity index (χ1n) is 8.96. The Morgan fingerprint density at radius 3 is 2.35 bits per heavy atom. The van der Waals surface area contributed by atoms with Crippen LogP contribution in [-0.2, 0) is 9.59 Å². The molecule has 2 atom stereocenters. The average molecular weight is 445 g/mol. The SMILES string of the molecule is COc1cc(S[C@H](C[C@H](N)CO)c2ccccc2)c(C#N)cn1.O=C(O)/C=C/C(=O)O. The molecule has 10 heteroatoms. The van der Waals surface area contributed by atoms with Crippen LogP contribution in [0.15, 0.2) is 59.6 Å². The number of pyridine rings is 1. The smallest absolute Gasteiger partial charge is 0.328 e. The molecule has 2 rings (SSSR count). The average Bonchev–Trinajstić information content (AvgIpc) is 2.78. The van der Waals surface area contributed by atoms with Gasteiger partial charge >= 0.3 is 11.9 Å². The molecule has 0 aliphatic heterocycles. The van der Waals surface area contributed by atoms with Gasteiger partial charge in [-0.3, -0.25) is 0 Å². The molecule has 0 spiro atoms. The van der Waals surface area contributed by atoms with E-state index in [1.54, 1.807) is 13.2 Å². The topological polar surface area (TPSA) is 167 Å². The molecule has 0 aliphatic carbocycles. The summed E-state index contributed by atoms with van der Waals surface area (Å²) in [7, 11) is 1.54. The van der Waals surface area contributed by atoms with Crippen LogP contribution in [0.3, 0.4) is 0 Å². The molecule has 1 aromatic heterocycles. The molecule has 0 amide bonds. The van der Waals surface area contributed by atoms with E-state index in [1.807, 2.05) is 30.3 Å². The van der Waals surface area contributed by atoms with Crippen LogP contribution >= 0.6 is 11.8 Å². The molecule has 164 valence electrons. The van der Waals surface area contributed by atoms with Gasteiger partial charge in [0.05, 0.1) is 19.3 Å². The fourth-order valence-corrected chi connectivity index (χ4v) is 3.61. The van der Waals surface area contributed by atoms with Crippen molar-refractivity contribution in [3.05, 3.63) is 65.9 Å². The molecular weight excluding hydrogens is 422 g/mol. The largest absolute Gasteiger partial charge is 0.481 e. The van der Waals surface area contributed by atoms with E-state index < -0.39 is 11.9 Å². The highest BCUT2D eigenvalue weighted by atomic mass is 32.2. The minimum atomic E-state index is -1.26. The summed E-state index contributed by atoms with van der Waals surface area (Å²) in [6, 6.07) is 13.5. The fourth-order valence-electron chi connectivity index (χ4n) is 2.28. The molecule has 1 aromatic carbocycles. The Morgan fingerprint density at radius 2 is 1.87 bits per heavy atom. The van der Waals surface area contributed by atoms with E-state index in [4.69, 9.17) is 20.7 Å². The Hall–Kier alpha value is -3.39. The number of hydrogen-bond acceptors (Lipinski definition) is 8. The Balaban J connectivity index is 0.000000512. The number of ether oxygens (including phenoxy) is 1. The first-order valence-corrected chi connectivity index (χ1v) is 9.84. The standard InChI is InChI=1S/C17H19N3O2S.C4H4O4/c1-22-17-8-16(13(9-18)10-20-17)23-15(7-14(19)11-21)12-5-3-2-4-6-12;5-3(6)1-2-4(7)8/h2-6,8,10,14-15,21H,7,11,19H2,1H3;1-2H,(H,5,6)(H,7,8)/b;2-1+/t14-,15+;/m0./s1. The zero-order valence-corrected chi connectivity index (χ0v) is 17.5. The number of aliphatic hydroxyl groups excluding tert-OH is 1. The second-order valence-corrected chi connectivity index (χ2v) is 7.28. The maximum Gasteiger partial charge on any atom is 0.328 e. The van der Waals surface area contributed by atoms with Crippen molar-refractivity contribution in [3.63, 3.8) is 0 Å². The van der Waals surface area contributed by atoms with Crippen LogP contribution in [0.25, 0.3) is 0 Å². The van der Waals surface area contributed by atoms with E-state index in [0.29, 0.717) is 30.0 Å². The molecule has 0 bridgehead atoms. The van der Waals surface area contributed by atoms with Gasteiger partial charge in [0.15, 0.2) is 0 Å². The number of methoxy groups -OCH3 is 1. The molecule has 0 unspecified atom stereocenters. The van der Waals surface area contributed by atoms with Crippen LogP contribution in [-0.4, -0.2) is 52.0 Å². The van der Waals surface area contributed by atoms with Gasteiger partial charge in [0, 0.05) is 40.6 Å². The van der Waals surface area contributed by atoms with E-state index in [0.717, 1.165) is 10.5 Å². The van der Waals surface area contributed by atoms with Crippen LogP contribution in [0, 0.1) is 11.3 Å². The predicted octanol–water partition coefficient (Wildman–Crippen LogP) is 2.22. The maximum atomic E-state index is 9.55. The van der Waals surface area contributed by atoms with Gasteiger partial charge in [-0.2, -0.15) is 5.26 Å². The molecule has 0 saturated heterocycles. The fraction of sp³-hybridized carbons (Fsp3) is 0.238. The lowest BCUT2D eigenvalue weighted by Crippen LogP contribution is -2.26. The number of nitrogens with zero attached hydrogens (tertiary/aromatic N) is 2. The molecule has 31 heavy (non-hydrogen) atoms. The molecule has 0 aliphatic rings. The molecule has 9 nitrogen and oxygen atoms in total. The van der Waals surface area contributed by atoms with Gasteiger partial charge in [-0.15, -0.1) is 11.8 Å². The number of aliphatic hydroxyl groups is 1. The highest BCUT2D eigenvalue weighted by molar-refractivity contribution is 7.99. The van der Waals surface area contributed by atoms with E-state index in [2.05, 4.69) is 11.1 Å². The monoisotopic (exact) mass is 445 g/mol. The summed E-state index contributed by atoms with van der Waals surface area (Å²) in [5, 5.41) is 34.2. The number of aromatic nitrogens is 1. The van der Waals surface area contributed by atoms with Crippen LogP contribution in [0.5, 0.6) is 5.88 Å². The number of nitriles is 1. The van der Waals surface area contributed by atoms with E-state index in [9.17, 15) is 20.0 Å². The van der Waals surface area contributed by atoms with Gasteiger partial charge in [-0.1, -0.05) is 30.3 Å². The quantitative estimate of drug-likeness (QED) is 0.332. The van der Waals surface area contributed by atoms with Gasteiger partial charge in [0.2, 0.25) is 5.88 Å². The number of thioether (sulfide) groups is 1. The molecular formula is C21H23N3O6S. The summed E-state index contributed by atoms with van der Waals surface area (Å²) < 4.78 is 5.15. The molecule has 0 saturated carbocycles. The number of aliphatic carboxylic acids is 2. The van der Waals surface area contributed by atoms with E-state index in [1.165, 1.54) is 18.0 Å². The van der Waals surface area contributed by atoms with Gasteiger partial charge in [-0.25, -0.2) is 14.6 Å². The molecule has 2 aromatic rings. The van der Waals surface area contributed by atoms with E-state index in [-0.39, 0.29) is 17.9 Å². The summed E-state index contributed by atoms with van der Waals surface area (Å²) in [6.45, 7) is -0.0747. The number of carbonyl (C=O) groups is 2. The third-order valence-electron chi connectivity index (χ3n) is 3.73. The zero-order valence-electron chi connectivity index (χ0n) is 16.7. The van der Waals surface area contributed by atoms with Crippen molar-refractivity contribution < 1.29 is 29.6 Å². The van der Waals surface area contributed by atoms with Crippen molar-refractivity contribution in [2.45, 2.75) is 22.6 Å². The Bertz CT molecular complexity index is 914. The van der Waals surface area contributed by atoms with Gasteiger partial charge in [0.1, 0.15) is 6.07 Å². The van der Waals surface area contributed by atoms with E-state index >= 15 is 0 Å². The molecule has 0 radical (unpaired) electrons. The summed E-state index contributed by atoms with van der Waals surface area (Å²) in [5.74, 6) is -2.05. The first kappa shape index (κ1) is 25.6. The van der Waals surface area contributed by atoms with Crippen molar-refractivity contribution in [2.75, 3.05) is 13.7 Å². The summed E-state index contributed by atoms with van der Waals surface area (Å²) >= 11 is 1.53. The maximum absolute atomic E-state index is 9.55. The van der Waals surface area contributed by atoms with Gasteiger partial charge in [-0.05, 0) is 12.0 Å². The highest BCUT2D eigenvalue weighted by Crippen LogP contribution is 2.40. The summed E-state index contributed by atoms with van der Waals surface area (Å²) in [5.41, 5.74) is 7.52. The van der Waals surface area contributed by atoms with Crippen LogP contribution in [0.1, 0.15) is 22.8 Å². The van der Waals surface area contributed by atoms with Crippen molar-refractivity contribution in [2.24, 2.45) is 5.73 Å². The number of benzene rings is 1. The minimum absolute atomic E-state index is 0.0255. The number of carboxylic acid groups (broad SMARTS) is 2. The molecule has 0 fully saturated rings. The zero-order chi connectivity index (χ0) is 23.2. The first-order chi connectivity index (χ1) is 14.8. The second kappa shape index (κ2) is 13.8. The van der Waals surface area contributed by atoms with Gasteiger partial charge < -0.3 is 25.8 Å². The lowest BCUT2D eigenvalue weighted by molar-refractivity contribution is -0.134. The second-order valence-electron chi connectivity index (χ2n) is 6.04. The predicted molar refractivity (Wildman–Crippen MR) is 115 cm³/mol. The summed E-state index contributed by atoms with van der Waals surface area (Å²) in [6.07, 6.45) is 3.22. The molecule has 1 heterocycles. The van der Waals surface area contributed by atoms with Gasteiger partial charge in [0.25, 0.3) is 0 Å². The van der Waals surface area contributed by atoms with Crippen LogP contribution in [0.4, 0.5) is 0 Å². The van der Waals surface area contributed by atoms with Crippen molar-refractivity contribution in [1.82, 2.24) is 4.98 Å². The number of rotatable bonds is 9. The Labute approximate surface area is 183 Å². The minimum Gasteiger partial charge on any atom is -0.481 e. The van der Waals surface area contributed by atoms with Crippen molar-refractivity contribution in [3.8, 4) is 11.9 Å². The van der Waals surface area contributed by atoms with Crippen molar-refractivity contribution >= 4 is 23.7 Å². The normalized spacial score (nSPS) is 12.2. The summed E-state index contributed by atoms with van der Waals surface area (Å²) in [4.78, 5) is 24.0. The lowest BCUT2D eigenvalue weighted by Gasteiger charge is -2.20. The highest BCUT2D eigenvalue weighted by Gasteiger charge is 2.19. The molecule has 5 N–H and O–H groups in total. The lowest BCUT2D eigenvalue weighted by atomic mass is 10.1. The number of carboxylic acids is 2. The third-order valence-corrected chi connectivity index (χ3v) is 5.07. The number of nitrogens with two attached hydrogens (primary N) is 1. The van der Waals surface area contributed by atoms with Crippen LogP contribution < -0.4 is 10.5 Å². The number of hydrogen-bond donors (Lipinski definition) is 4. The Kier molecular flexibility index (Phi) is 11.4. The van der Waals surface area contributed by atoms with Crippen molar-refractivity contribution in [1.29, 1.82) is 5.26 Å². The third kappa shape index (κ3) is 9.77. The Morgan fingerprint density at radius 1 is 1.26 bits per heavy atom. The van der Waals surface area contributed by atoms with Crippen LogP contribution in [0.2, 0.25) is 0 Å².